The second-order valence-corrected chi connectivity index (χ2v) is 4.35. The lowest BCUT2D eigenvalue weighted by molar-refractivity contribution is -0.175. The van der Waals surface area contributed by atoms with Crippen LogP contribution in [0.4, 0.5) is 13.2 Å². The number of hydrogen-bond acceptors (Lipinski definition) is 4. The molecule has 118 valence electrons. The van der Waals surface area contributed by atoms with Gasteiger partial charge in [0.1, 0.15) is 0 Å². The van der Waals surface area contributed by atoms with E-state index in [0.29, 0.717) is 0 Å². The van der Waals surface area contributed by atoms with Gasteiger partial charge in [0.2, 0.25) is 0 Å². The topological polar surface area (TPSA) is 52.6 Å². The van der Waals surface area contributed by atoms with Crippen LogP contribution in [0.2, 0.25) is 0 Å². The van der Waals surface area contributed by atoms with Crippen LogP contribution in [-0.2, 0) is 19.1 Å². The molecule has 0 aliphatic heterocycles. The van der Waals surface area contributed by atoms with Crippen LogP contribution < -0.4 is 0 Å². The number of esters is 2. The summed E-state index contributed by atoms with van der Waals surface area (Å²) in [5, 5.41) is 0. The van der Waals surface area contributed by atoms with E-state index >= 15 is 0 Å². The molecule has 0 saturated heterocycles. The average Bonchev–Trinajstić information content (AvgIpc) is 2.34. The summed E-state index contributed by atoms with van der Waals surface area (Å²) in [4.78, 5) is 23.9. The Bertz CT molecular complexity index is 308. The Morgan fingerprint density at radius 2 is 1.35 bits per heavy atom. The molecule has 0 aliphatic rings. The highest BCUT2D eigenvalue weighted by molar-refractivity contribution is 6.00. The fourth-order valence-corrected chi connectivity index (χ4v) is 1.88. The highest BCUT2D eigenvalue weighted by Crippen LogP contribution is 2.34. The van der Waals surface area contributed by atoms with Crippen LogP contribution in [0, 0.1) is 5.41 Å². The Hall–Kier alpha value is -1.27. The molecular formula is C13H21F3O4. The molecular weight excluding hydrogens is 277 g/mol. The van der Waals surface area contributed by atoms with Crippen molar-refractivity contribution in [1.29, 1.82) is 0 Å². The molecule has 0 unspecified atom stereocenters. The molecule has 0 aromatic carbocycles. The van der Waals surface area contributed by atoms with Gasteiger partial charge >= 0.3 is 18.1 Å². The molecule has 0 atom stereocenters. The molecule has 0 aromatic heterocycles. The van der Waals surface area contributed by atoms with E-state index < -0.39 is 30.0 Å². The Balaban J connectivity index is 5.01. The van der Waals surface area contributed by atoms with Gasteiger partial charge in [-0.2, -0.15) is 13.2 Å². The van der Waals surface area contributed by atoms with Crippen molar-refractivity contribution in [3.05, 3.63) is 0 Å². The zero-order chi connectivity index (χ0) is 15.8. The number of carbonyl (C=O) groups is 2. The monoisotopic (exact) mass is 298 g/mol. The standard InChI is InChI=1S/C13H21F3O4/c1-4-12(10(17)19-5-2,11(18)20-6-3)8-7-9-13(14,15)16/h4-9H2,1-3H3. The molecule has 0 fully saturated rings. The summed E-state index contributed by atoms with van der Waals surface area (Å²) in [6, 6.07) is 0. The predicted octanol–water partition coefficient (Wildman–Crippen LogP) is 3.24. The first-order valence-electron chi connectivity index (χ1n) is 6.64. The van der Waals surface area contributed by atoms with Gasteiger partial charge in [0.15, 0.2) is 5.41 Å². The molecule has 0 heterocycles. The summed E-state index contributed by atoms with van der Waals surface area (Å²) in [5.74, 6) is -1.63. The van der Waals surface area contributed by atoms with Crippen molar-refractivity contribution < 1.29 is 32.2 Å². The lowest BCUT2D eigenvalue weighted by Crippen LogP contribution is -2.42. The third-order valence-corrected chi connectivity index (χ3v) is 3.00. The largest absolute Gasteiger partial charge is 0.465 e. The number of hydrogen-bond donors (Lipinski definition) is 0. The zero-order valence-corrected chi connectivity index (χ0v) is 12.0. The Morgan fingerprint density at radius 3 is 1.65 bits per heavy atom. The van der Waals surface area contributed by atoms with Gasteiger partial charge in [0, 0.05) is 6.42 Å². The van der Waals surface area contributed by atoms with Crippen LogP contribution in [0.25, 0.3) is 0 Å². The van der Waals surface area contributed by atoms with Gasteiger partial charge in [-0.1, -0.05) is 6.92 Å². The van der Waals surface area contributed by atoms with E-state index in [9.17, 15) is 22.8 Å². The molecule has 0 radical (unpaired) electrons. The first-order valence-corrected chi connectivity index (χ1v) is 6.64. The summed E-state index contributed by atoms with van der Waals surface area (Å²) in [5.41, 5.74) is -1.64. The molecule has 0 N–H and O–H groups in total. The molecule has 0 bridgehead atoms. The Labute approximate surface area is 116 Å². The van der Waals surface area contributed by atoms with Gasteiger partial charge < -0.3 is 9.47 Å². The van der Waals surface area contributed by atoms with Gasteiger partial charge in [-0.25, -0.2) is 0 Å². The second-order valence-electron chi connectivity index (χ2n) is 4.35. The van der Waals surface area contributed by atoms with Crippen LogP contribution in [-0.4, -0.2) is 31.3 Å². The van der Waals surface area contributed by atoms with Crippen molar-refractivity contribution in [2.75, 3.05) is 13.2 Å². The summed E-state index contributed by atoms with van der Waals surface area (Å²) in [6.07, 6.45) is -5.88. The maximum atomic E-state index is 12.2. The molecule has 0 rings (SSSR count). The predicted molar refractivity (Wildman–Crippen MR) is 65.9 cm³/mol. The maximum Gasteiger partial charge on any atom is 0.389 e. The van der Waals surface area contributed by atoms with Crippen molar-refractivity contribution in [3.8, 4) is 0 Å². The van der Waals surface area contributed by atoms with Crippen molar-refractivity contribution in [3.63, 3.8) is 0 Å². The van der Waals surface area contributed by atoms with Crippen LogP contribution in [0.1, 0.15) is 46.5 Å². The number of alkyl halides is 3. The van der Waals surface area contributed by atoms with E-state index in [-0.39, 0.29) is 32.5 Å². The second kappa shape index (κ2) is 8.11. The number of ether oxygens (including phenoxy) is 2. The number of carbonyl (C=O) groups excluding carboxylic acids is 2. The van der Waals surface area contributed by atoms with Crippen LogP contribution in [0.15, 0.2) is 0 Å². The average molecular weight is 298 g/mol. The Kier molecular flexibility index (Phi) is 7.60. The number of rotatable bonds is 8. The van der Waals surface area contributed by atoms with Crippen molar-refractivity contribution in [1.82, 2.24) is 0 Å². The maximum absolute atomic E-state index is 12.2. The fourth-order valence-electron chi connectivity index (χ4n) is 1.88. The van der Waals surface area contributed by atoms with Crippen LogP contribution in [0.3, 0.4) is 0 Å². The molecule has 4 nitrogen and oxygen atoms in total. The first kappa shape index (κ1) is 18.7. The van der Waals surface area contributed by atoms with Gasteiger partial charge in [0.25, 0.3) is 0 Å². The van der Waals surface area contributed by atoms with Gasteiger partial charge in [-0.05, 0) is 33.1 Å². The molecule has 0 saturated carbocycles. The van der Waals surface area contributed by atoms with Gasteiger partial charge in [0.05, 0.1) is 13.2 Å². The molecule has 0 amide bonds. The zero-order valence-electron chi connectivity index (χ0n) is 12.0. The van der Waals surface area contributed by atoms with Crippen molar-refractivity contribution in [2.24, 2.45) is 5.41 Å². The first-order chi connectivity index (χ1) is 9.23. The minimum Gasteiger partial charge on any atom is -0.465 e. The van der Waals surface area contributed by atoms with E-state index in [4.69, 9.17) is 9.47 Å². The minimum atomic E-state index is -4.32. The van der Waals surface area contributed by atoms with E-state index in [1.807, 2.05) is 0 Å². The van der Waals surface area contributed by atoms with Crippen LogP contribution in [0.5, 0.6) is 0 Å². The van der Waals surface area contributed by atoms with E-state index in [1.165, 1.54) is 0 Å². The summed E-state index contributed by atoms with van der Waals surface area (Å²) >= 11 is 0. The van der Waals surface area contributed by atoms with Gasteiger partial charge in [-0.3, -0.25) is 9.59 Å². The normalized spacial score (nSPS) is 12.1. The molecule has 20 heavy (non-hydrogen) atoms. The van der Waals surface area contributed by atoms with Crippen molar-refractivity contribution >= 4 is 11.9 Å². The summed E-state index contributed by atoms with van der Waals surface area (Å²) in [7, 11) is 0. The van der Waals surface area contributed by atoms with Gasteiger partial charge in [-0.15, -0.1) is 0 Å². The lowest BCUT2D eigenvalue weighted by Gasteiger charge is -2.28. The molecule has 0 spiro atoms. The molecule has 7 heteroatoms. The lowest BCUT2D eigenvalue weighted by atomic mass is 9.80. The minimum absolute atomic E-state index is 0.0442. The Morgan fingerprint density at radius 1 is 0.900 bits per heavy atom. The van der Waals surface area contributed by atoms with E-state index in [1.54, 1.807) is 20.8 Å². The SMILES string of the molecule is CCOC(=O)C(CC)(CCCC(F)(F)F)C(=O)OCC. The smallest absolute Gasteiger partial charge is 0.389 e. The van der Waals surface area contributed by atoms with E-state index in [2.05, 4.69) is 0 Å². The van der Waals surface area contributed by atoms with Crippen LogP contribution >= 0.6 is 0 Å². The highest BCUT2D eigenvalue weighted by atomic mass is 19.4. The number of halogens is 3. The fraction of sp³-hybridized carbons (Fsp3) is 0.846. The third-order valence-electron chi connectivity index (χ3n) is 3.00. The summed E-state index contributed by atoms with van der Waals surface area (Å²) < 4.78 is 46.3. The quantitative estimate of drug-likeness (QED) is 0.510. The molecule has 0 aromatic rings. The van der Waals surface area contributed by atoms with E-state index in [0.717, 1.165) is 0 Å². The third kappa shape index (κ3) is 5.38. The highest BCUT2D eigenvalue weighted by Gasteiger charge is 2.47. The summed E-state index contributed by atoms with van der Waals surface area (Å²) in [6.45, 7) is 4.80. The van der Waals surface area contributed by atoms with Crippen molar-refractivity contribution in [2.45, 2.75) is 52.6 Å². The molecule has 0 aliphatic carbocycles.